The molecule has 0 spiro atoms. The highest BCUT2D eigenvalue weighted by Crippen LogP contribution is 2.07. The molecule has 0 aromatic carbocycles. The molecule has 1 aliphatic heterocycles. The highest BCUT2D eigenvalue weighted by atomic mass is 32.2. The van der Waals surface area contributed by atoms with Gasteiger partial charge in [-0.05, 0) is 25.8 Å². The SMILES string of the molecule is CCCCS(=O)(=O)N1CCCCNCC1. The largest absolute Gasteiger partial charge is 0.315 e. The zero-order valence-corrected chi connectivity index (χ0v) is 10.4. The molecule has 0 unspecified atom stereocenters. The molecule has 1 saturated heterocycles. The van der Waals surface area contributed by atoms with Gasteiger partial charge in [-0.25, -0.2) is 12.7 Å². The summed E-state index contributed by atoms with van der Waals surface area (Å²) in [5.41, 5.74) is 0. The van der Waals surface area contributed by atoms with Crippen LogP contribution in [0.2, 0.25) is 0 Å². The molecular formula is C10H22N2O2S. The number of nitrogens with zero attached hydrogens (tertiary/aromatic N) is 1. The number of nitrogens with one attached hydrogen (secondary N) is 1. The molecule has 0 radical (unpaired) electrons. The third-order valence-electron chi connectivity index (χ3n) is 2.70. The standard InChI is InChI=1S/C10H22N2O2S/c1-2-3-10-15(13,14)12-8-5-4-6-11-7-9-12/h11H,2-10H2,1H3. The van der Waals surface area contributed by atoms with Gasteiger partial charge in [-0.15, -0.1) is 0 Å². The Morgan fingerprint density at radius 3 is 2.73 bits per heavy atom. The molecule has 0 amide bonds. The van der Waals surface area contributed by atoms with E-state index in [1.807, 2.05) is 6.92 Å². The molecule has 1 rings (SSSR count). The molecule has 0 bridgehead atoms. The summed E-state index contributed by atoms with van der Waals surface area (Å²) in [4.78, 5) is 0. The van der Waals surface area contributed by atoms with Crippen LogP contribution in [0.4, 0.5) is 0 Å². The minimum absolute atomic E-state index is 0.309. The molecule has 0 atom stereocenters. The van der Waals surface area contributed by atoms with Crippen molar-refractivity contribution in [2.75, 3.05) is 31.9 Å². The summed E-state index contributed by atoms with van der Waals surface area (Å²) in [7, 11) is -2.99. The summed E-state index contributed by atoms with van der Waals surface area (Å²) in [5.74, 6) is 0.309. The van der Waals surface area contributed by atoms with E-state index >= 15 is 0 Å². The van der Waals surface area contributed by atoms with Gasteiger partial charge in [0.25, 0.3) is 0 Å². The fourth-order valence-electron chi connectivity index (χ4n) is 1.71. The molecule has 5 heteroatoms. The highest BCUT2D eigenvalue weighted by molar-refractivity contribution is 7.89. The molecule has 1 heterocycles. The van der Waals surface area contributed by atoms with E-state index in [1.165, 1.54) is 0 Å². The fraction of sp³-hybridized carbons (Fsp3) is 1.00. The van der Waals surface area contributed by atoms with E-state index < -0.39 is 10.0 Å². The topological polar surface area (TPSA) is 49.4 Å². The van der Waals surface area contributed by atoms with E-state index in [-0.39, 0.29) is 0 Å². The third-order valence-corrected chi connectivity index (χ3v) is 4.65. The first kappa shape index (κ1) is 12.9. The first-order valence-corrected chi connectivity index (χ1v) is 7.46. The van der Waals surface area contributed by atoms with Crippen molar-refractivity contribution < 1.29 is 8.42 Å². The maximum Gasteiger partial charge on any atom is 0.214 e. The van der Waals surface area contributed by atoms with Gasteiger partial charge in [0, 0.05) is 19.6 Å². The summed E-state index contributed by atoms with van der Waals surface area (Å²) in [5, 5.41) is 3.24. The minimum Gasteiger partial charge on any atom is -0.315 e. The molecule has 0 aromatic heterocycles. The van der Waals surface area contributed by atoms with Crippen LogP contribution in [0, 0.1) is 0 Å². The Kier molecular flexibility index (Phi) is 5.56. The summed E-state index contributed by atoms with van der Waals surface area (Å²) in [6.45, 7) is 5.15. The molecule has 0 aromatic rings. The predicted octanol–water partition coefficient (Wildman–Crippen LogP) is 0.802. The lowest BCUT2D eigenvalue weighted by Crippen LogP contribution is -2.40. The summed E-state index contributed by atoms with van der Waals surface area (Å²) in [6, 6.07) is 0. The van der Waals surface area contributed by atoms with E-state index in [0.717, 1.165) is 38.8 Å². The minimum atomic E-state index is -2.99. The highest BCUT2D eigenvalue weighted by Gasteiger charge is 2.21. The number of hydrogen-bond acceptors (Lipinski definition) is 3. The zero-order chi connectivity index (χ0) is 11.1. The Hall–Kier alpha value is -0.130. The van der Waals surface area contributed by atoms with Crippen molar-refractivity contribution in [3.63, 3.8) is 0 Å². The van der Waals surface area contributed by atoms with Crippen LogP contribution in [0.25, 0.3) is 0 Å². The first-order chi connectivity index (χ1) is 7.17. The van der Waals surface area contributed by atoms with Crippen molar-refractivity contribution in [2.24, 2.45) is 0 Å². The first-order valence-electron chi connectivity index (χ1n) is 5.85. The molecule has 90 valence electrons. The molecule has 1 aliphatic rings. The van der Waals surface area contributed by atoms with Gasteiger partial charge < -0.3 is 5.32 Å². The van der Waals surface area contributed by atoms with Crippen molar-refractivity contribution in [3.05, 3.63) is 0 Å². The maximum atomic E-state index is 11.9. The van der Waals surface area contributed by atoms with Crippen LogP contribution in [0.15, 0.2) is 0 Å². The lowest BCUT2D eigenvalue weighted by atomic mass is 10.3. The number of hydrogen-bond donors (Lipinski definition) is 1. The Bertz CT molecular complexity index is 257. The Balaban J connectivity index is 2.50. The zero-order valence-electron chi connectivity index (χ0n) is 9.54. The molecule has 0 saturated carbocycles. The van der Waals surface area contributed by atoms with Gasteiger partial charge in [0.2, 0.25) is 10.0 Å². The van der Waals surface area contributed by atoms with Gasteiger partial charge in [0.05, 0.1) is 5.75 Å². The van der Waals surface area contributed by atoms with Gasteiger partial charge in [-0.1, -0.05) is 13.3 Å². The second kappa shape index (κ2) is 6.45. The average Bonchev–Trinajstić information content (AvgIpc) is 2.13. The quantitative estimate of drug-likeness (QED) is 0.783. The number of rotatable bonds is 4. The van der Waals surface area contributed by atoms with Gasteiger partial charge in [-0.2, -0.15) is 0 Å². The molecule has 15 heavy (non-hydrogen) atoms. The van der Waals surface area contributed by atoms with Crippen molar-refractivity contribution in [1.82, 2.24) is 9.62 Å². The molecule has 0 aliphatic carbocycles. The van der Waals surface area contributed by atoms with E-state index in [2.05, 4.69) is 5.32 Å². The van der Waals surface area contributed by atoms with Gasteiger partial charge in [-0.3, -0.25) is 0 Å². The van der Waals surface area contributed by atoms with E-state index in [4.69, 9.17) is 0 Å². The van der Waals surface area contributed by atoms with Crippen molar-refractivity contribution in [2.45, 2.75) is 32.6 Å². The van der Waals surface area contributed by atoms with Crippen molar-refractivity contribution >= 4 is 10.0 Å². The Labute approximate surface area is 93.1 Å². The Morgan fingerprint density at radius 2 is 2.00 bits per heavy atom. The van der Waals surface area contributed by atoms with Crippen LogP contribution in [0.5, 0.6) is 0 Å². The summed E-state index contributed by atoms with van der Waals surface area (Å²) >= 11 is 0. The van der Waals surface area contributed by atoms with Crippen LogP contribution >= 0.6 is 0 Å². The van der Waals surface area contributed by atoms with E-state index in [1.54, 1.807) is 4.31 Å². The van der Waals surface area contributed by atoms with Crippen LogP contribution in [0.3, 0.4) is 0 Å². The molecule has 1 fully saturated rings. The second-order valence-electron chi connectivity index (χ2n) is 4.03. The smallest absolute Gasteiger partial charge is 0.214 e. The van der Waals surface area contributed by atoms with E-state index in [0.29, 0.717) is 18.8 Å². The van der Waals surface area contributed by atoms with Crippen LogP contribution in [-0.4, -0.2) is 44.7 Å². The lowest BCUT2D eigenvalue weighted by Gasteiger charge is -2.24. The number of sulfonamides is 1. The Morgan fingerprint density at radius 1 is 1.20 bits per heavy atom. The van der Waals surface area contributed by atoms with Gasteiger partial charge >= 0.3 is 0 Å². The van der Waals surface area contributed by atoms with Gasteiger partial charge in [0.15, 0.2) is 0 Å². The van der Waals surface area contributed by atoms with Crippen LogP contribution < -0.4 is 5.32 Å². The average molecular weight is 234 g/mol. The third kappa shape index (κ3) is 4.49. The van der Waals surface area contributed by atoms with Gasteiger partial charge in [0.1, 0.15) is 0 Å². The summed E-state index contributed by atoms with van der Waals surface area (Å²) < 4.78 is 25.5. The fourth-order valence-corrected chi connectivity index (χ4v) is 3.40. The van der Waals surface area contributed by atoms with Crippen molar-refractivity contribution in [3.8, 4) is 0 Å². The number of unbranched alkanes of at least 4 members (excludes halogenated alkanes) is 1. The molecule has 1 N–H and O–H groups in total. The monoisotopic (exact) mass is 234 g/mol. The predicted molar refractivity (Wildman–Crippen MR) is 62.4 cm³/mol. The maximum absolute atomic E-state index is 11.9. The van der Waals surface area contributed by atoms with Crippen molar-refractivity contribution in [1.29, 1.82) is 0 Å². The molecular weight excluding hydrogens is 212 g/mol. The molecule has 4 nitrogen and oxygen atoms in total. The second-order valence-corrected chi connectivity index (χ2v) is 6.11. The van der Waals surface area contributed by atoms with Crippen LogP contribution in [-0.2, 0) is 10.0 Å². The lowest BCUT2D eigenvalue weighted by molar-refractivity contribution is 0.372. The van der Waals surface area contributed by atoms with E-state index in [9.17, 15) is 8.42 Å². The summed E-state index contributed by atoms with van der Waals surface area (Å²) in [6.07, 6.45) is 3.75. The van der Waals surface area contributed by atoms with Crippen LogP contribution in [0.1, 0.15) is 32.6 Å². The normalized spacial score (nSPS) is 20.9.